The van der Waals surface area contributed by atoms with E-state index in [9.17, 15) is 4.79 Å². The van der Waals surface area contributed by atoms with Crippen LogP contribution in [0.1, 0.15) is 24.2 Å². The first kappa shape index (κ1) is 11.4. The maximum Gasteiger partial charge on any atom is 0.184 e. The first-order chi connectivity index (χ1) is 7.22. The van der Waals surface area contributed by atoms with Gasteiger partial charge in [0.05, 0.1) is 18.9 Å². The van der Waals surface area contributed by atoms with Crippen LogP contribution in [0.5, 0.6) is 11.5 Å². The molecular weight excluding hydrogens is 194 g/mol. The summed E-state index contributed by atoms with van der Waals surface area (Å²) in [6.07, 6.45) is 0.731. The van der Waals surface area contributed by atoms with Crippen LogP contribution < -0.4 is 15.2 Å². The first-order valence-corrected chi connectivity index (χ1v) is 4.87. The molecule has 4 heteroatoms. The zero-order valence-electron chi connectivity index (χ0n) is 8.95. The van der Waals surface area contributed by atoms with E-state index < -0.39 is 0 Å². The van der Waals surface area contributed by atoms with Gasteiger partial charge in [-0.25, -0.2) is 0 Å². The smallest absolute Gasteiger partial charge is 0.184 e. The Bertz CT molecular complexity index is 350. The molecule has 0 saturated heterocycles. The van der Waals surface area contributed by atoms with Gasteiger partial charge >= 0.3 is 0 Å². The summed E-state index contributed by atoms with van der Waals surface area (Å²) in [4.78, 5) is 10.6. The highest BCUT2D eigenvalue weighted by Crippen LogP contribution is 2.34. The highest BCUT2D eigenvalue weighted by molar-refractivity contribution is 5.80. The number of hydrogen-bond acceptors (Lipinski definition) is 4. The van der Waals surface area contributed by atoms with Gasteiger partial charge in [-0.3, -0.25) is 4.79 Å². The lowest BCUT2D eigenvalue weighted by molar-refractivity contribution is 0.112. The summed E-state index contributed by atoms with van der Waals surface area (Å²) < 4.78 is 10.7. The summed E-state index contributed by atoms with van der Waals surface area (Å²) in [7, 11) is 0. The summed E-state index contributed by atoms with van der Waals surface area (Å²) in [6, 6.07) is 3.19. The van der Waals surface area contributed by atoms with E-state index >= 15 is 0 Å². The van der Waals surface area contributed by atoms with Crippen LogP contribution in [0.2, 0.25) is 0 Å². The molecule has 0 aliphatic carbocycles. The highest BCUT2D eigenvalue weighted by atomic mass is 16.5. The molecule has 4 nitrogen and oxygen atoms in total. The predicted molar refractivity (Wildman–Crippen MR) is 58.6 cm³/mol. The molecule has 1 aromatic rings. The lowest BCUT2D eigenvalue weighted by Crippen LogP contribution is -2.02. The first-order valence-electron chi connectivity index (χ1n) is 4.87. The number of benzene rings is 1. The molecule has 0 radical (unpaired) electrons. The summed E-state index contributed by atoms with van der Waals surface area (Å²) >= 11 is 0. The van der Waals surface area contributed by atoms with E-state index in [1.54, 1.807) is 12.1 Å². The van der Waals surface area contributed by atoms with Gasteiger partial charge in [0.1, 0.15) is 6.29 Å². The molecule has 0 saturated carbocycles. The second-order valence-electron chi connectivity index (χ2n) is 2.92. The van der Waals surface area contributed by atoms with Crippen LogP contribution in [-0.2, 0) is 0 Å². The number of rotatable bonds is 5. The second kappa shape index (κ2) is 5.24. The third-order valence-electron chi connectivity index (χ3n) is 1.83. The van der Waals surface area contributed by atoms with Crippen molar-refractivity contribution < 1.29 is 14.3 Å². The number of carbonyl (C=O) groups excluding carboxylic acids is 1. The molecule has 0 spiro atoms. The van der Waals surface area contributed by atoms with Gasteiger partial charge in [-0.1, -0.05) is 0 Å². The molecule has 0 heterocycles. The molecule has 0 aliphatic heterocycles. The molecule has 0 unspecified atom stereocenters. The van der Waals surface area contributed by atoms with E-state index in [0.29, 0.717) is 36.0 Å². The quantitative estimate of drug-likeness (QED) is 0.594. The average molecular weight is 209 g/mol. The van der Waals surface area contributed by atoms with Gasteiger partial charge in [-0.15, -0.1) is 0 Å². The highest BCUT2D eigenvalue weighted by Gasteiger charge is 2.10. The largest absolute Gasteiger partial charge is 0.490 e. The van der Waals surface area contributed by atoms with Crippen LogP contribution in [0.3, 0.4) is 0 Å². The Morgan fingerprint density at radius 2 is 1.93 bits per heavy atom. The number of anilines is 1. The van der Waals surface area contributed by atoms with Gasteiger partial charge in [-0.05, 0) is 26.0 Å². The average Bonchev–Trinajstić information content (AvgIpc) is 2.23. The van der Waals surface area contributed by atoms with Gasteiger partial charge in [0, 0.05) is 5.56 Å². The number of nitrogen functional groups attached to an aromatic ring is 1. The lowest BCUT2D eigenvalue weighted by atomic mass is 10.2. The number of nitrogens with two attached hydrogens (primary N) is 1. The fourth-order valence-corrected chi connectivity index (χ4v) is 1.28. The Hall–Kier alpha value is -1.71. The van der Waals surface area contributed by atoms with Crippen molar-refractivity contribution >= 4 is 12.0 Å². The van der Waals surface area contributed by atoms with Crippen LogP contribution in [0, 0.1) is 0 Å². The van der Waals surface area contributed by atoms with Gasteiger partial charge in [0.25, 0.3) is 0 Å². The van der Waals surface area contributed by atoms with Crippen LogP contribution in [0.25, 0.3) is 0 Å². The zero-order chi connectivity index (χ0) is 11.3. The molecule has 1 rings (SSSR count). The van der Waals surface area contributed by atoms with Crippen molar-refractivity contribution in [2.24, 2.45) is 0 Å². The van der Waals surface area contributed by atoms with Crippen molar-refractivity contribution in [1.29, 1.82) is 0 Å². The summed E-state index contributed by atoms with van der Waals surface area (Å²) in [5.74, 6) is 1.02. The topological polar surface area (TPSA) is 61.5 Å². The minimum atomic E-state index is 0.421. The van der Waals surface area contributed by atoms with Crippen LogP contribution in [0.15, 0.2) is 12.1 Å². The Balaban J connectivity index is 3.15. The Labute approximate surface area is 89.0 Å². The molecular formula is C11H15NO3. The summed E-state index contributed by atoms with van der Waals surface area (Å²) in [6.45, 7) is 4.73. The zero-order valence-corrected chi connectivity index (χ0v) is 8.95. The van der Waals surface area contributed by atoms with Crippen LogP contribution in [0.4, 0.5) is 5.69 Å². The van der Waals surface area contributed by atoms with Gasteiger partial charge in [0.2, 0.25) is 0 Å². The SMILES string of the molecule is CCOc1cc(C=O)cc(N)c1OCC. The molecule has 0 aromatic heterocycles. The normalized spacial score (nSPS) is 9.73. The van der Waals surface area contributed by atoms with Gasteiger partial charge < -0.3 is 15.2 Å². The molecule has 82 valence electrons. The third-order valence-corrected chi connectivity index (χ3v) is 1.83. The molecule has 2 N–H and O–H groups in total. The number of aldehydes is 1. The monoisotopic (exact) mass is 209 g/mol. The molecule has 0 atom stereocenters. The molecule has 0 aliphatic rings. The Morgan fingerprint density at radius 1 is 1.27 bits per heavy atom. The van der Waals surface area contributed by atoms with E-state index in [1.807, 2.05) is 13.8 Å². The number of carbonyl (C=O) groups is 1. The van der Waals surface area contributed by atoms with Gasteiger partial charge in [0.15, 0.2) is 11.5 Å². The van der Waals surface area contributed by atoms with E-state index in [2.05, 4.69) is 0 Å². The minimum absolute atomic E-state index is 0.421. The predicted octanol–water partition coefficient (Wildman–Crippen LogP) is 1.88. The van der Waals surface area contributed by atoms with Crippen LogP contribution in [-0.4, -0.2) is 19.5 Å². The molecule has 15 heavy (non-hydrogen) atoms. The summed E-state index contributed by atoms with van der Waals surface area (Å²) in [5.41, 5.74) is 6.66. The van der Waals surface area contributed by atoms with Crippen molar-refractivity contribution in [3.05, 3.63) is 17.7 Å². The minimum Gasteiger partial charge on any atom is -0.490 e. The summed E-state index contributed by atoms with van der Waals surface area (Å²) in [5, 5.41) is 0. The number of hydrogen-bond donors (Lipinski definition) is 1. The van der Waals surface area contributed by atoms with E-state index in [1.165, 1.54) is 0 Å². The Kier molecular flexibility index (Phi) is 3.97. The van der Waals surface area contributed by atoms with Crippen molar-refractivity contribution in [3.63, 3.8) is 0 Å². The maximum absolute atomic E-state index is 10.6. The fraction of sp³-hybridized carbons (Fsp3) is 0.364. The van der Waals surface area contributed by atoms with Gasteiger partial charge in [-0.2, -0.15) is 0 Å². The van der Waals surface area contributed by atoms with Crippen molar-refractivity contribution in [1.82, 2.24) is 0 Å². The van der Waals surface area contributed by atoms with Crippen molar-refractivity contribution in [2.45, 2.75) is 13.8 Å². The van der Waals surface area contributed by atoms with E-state index in [0.717, 1.165) is 6.29 Å². The Morgan fingerprint density at radius 3 is 2.47 bits per heavy atom. The molecule has 0 fully saturated rings. The van der Waals surface area contributed by atoms with Crippen molar-refractivity contribution in [3.8, 4) is 11.5 Å². The lowest BCUT2D eigenvalue weighted by Gasteiger charge is -2.13. The van der Waals surface area contributed by atoms with Crippen molar-refractivity contribution in [2.75, 3.05) is 18.9 Å². The standard InChI is InChI=1S/C11H15NO3/c1-3-14-10-6-8(7-13)5-9(12)11(10)15-4-2/h5-7H,3-4,12H2,1-2H3. The molecule has 0 bridgehead atoms. The van der Waals surface area contributed by atoms with Crippen LogP contribution >= 0.6 is 0 Å². The molecule has 1 aromatic carbocycles. The second-order valence-corrected chi connectivity index (χ2v) is 2.92. The van der Waals surface area contributed by atoms with E-state index in [4.69, 9.17) is 15.2 Å². The molecule has 0 amide bonds. The number of ether oxygens (including phenoxy) is 2. The van der Waals surface area contributed by atoms with E-state index in [-0.39, 0.29) is 0 Å². The fourth-order valence-electron chi connectivity index (χ4n) is 1.28. The third kappa shape index (κ3) is 2.62. The maximum atomic E-state index is 10.6.